The molecule has 0 unspecified atom stereocenters. The predicted molar refractivity (Wildman–Crippen MR) is 186 cm³/mol. The topological polar surface area (TPSA) is 0 Å². The van der Waals surface area contributed by atoms with E-state index < -0.39 is 0 Å². The van der Waals surface area contributed by atoms with Crippen molar-refractivity contribution in [2.75, 3.05) is 0 Å². The van der Waals surface area contributed by atoms with Gasteiger partial charge in [0.25, 0.3) is 0 Å². The minimum Gasteiger partial charge on any atom is -0.361 e. The molecule has 0 aromatic heterocycles. The SMILES string of the molecule is [C-]1=CC2=C(C1)c1ccccc1C2.[CH-]=CC1=[C-]C2=C(C=C([CH2-])C2)C1.[CH-]=CC1=[C-]C2=C(C=CC2)C1.[V+2].[V].[W].[W].[W].[W].[Y].[Y].[Y].[c-]1ccc2c(c1)C1=C(C=CC1)C2. The molecule has 0 saturated heterocycles. The Morgan fingerprint density at radius 1 is 0.648 bits per heavy atom. The molecule has 0 fully saturated rings. The summed E-state index contributed by atoms with van der Waals surface area (Å²) in [6, 6.07) is 18.1. The summed E-state index contributed by atoms with van der Waals surface area (Å²) in [5, 5.41) is 0. The number of rotatable bonds is 2. The van der Waals surface area contributed by atoms with E-state index in [2.05, 4.69) is 104 Å². The largest absolute Gasteiger partial charge is 2.00 e. The molecule has 2 aromatic rings. The Kier molecular flexibility index (Phi) is 33.3. The maximum Gasteiger partial charge on any atom is 2.00 e. The van der Waals surface area contributed by atoms with Crippen molar-refractivity contribution in [2.24, 2.45) is 0 Å². The maximum atomic E-state index is 5.38. The van der Waals surface area contributed by atoms with Gasteiger partial charge in [-0.15, -0.1) is 35.6 Å². The fourth-order valence-corrected chi connectivity index (χ4v) is 7.12. The first-order valence-corrected chi connectivity index (χ1v) is 15.8. The van der Waals surface area contributed by atoms with E-state index >= 15 is 0 Å². The van der Waals surface area contributed by atoms with Crippen molar-refractivity contribution in [3.05, 3.63) is 208 Å². The van der Waals surface area contributed by atoms with Crippen LogP contribution in [0.5, 0.6) is 0 Å². The molecule has 0 spiro atoms. The first kappa shape index (κ1) is 60.7. The van der Waals surface area contributed by atoms with Gasteiger partial charge in [0, 0.05) is 201 Å². The number of benzene rings is 2. The summed E-state index contributed by atoms with van der Waals surface area (Å²) in [5.74, 6) is 0. The van der Waals surface area contributed by atoms with Gasteiger partial charge in [-0.3, -0.25) is 24.3 Å². The summed E-state index contributed by atoms with van der Waals surface area (Å²) in [5.41, 5.74) is 20.7. The fourth-order valence-electron chi connectivity index (χ4n) is 7.12. The zero-order chi connectivity index (χ0) is 30.8. The Balaban J connectivity index is -0.000000610. The molecule has 0 amide bonds. The molecule has 8 aliphatic rings. The van der Waals surface area contributed by atoms with Gasteiger partial charge in [-0.2, -0.15) is 53.0 Å². The summed E-state index contributed by atoms with van der Waals surface area (Å²) in [6.45, 7) is 14.6. The third-order valence-corrected chi connectivity index (χ3v) is 9.34. The van der Waals surface area contributed by atoms with E-state index in [4.69, 9.17) is 13.2 Å². The minimum atomic E-state index is 0. The van der Waals surface area contributed by atoms with Crippen molar-refractivity contribution >= 4 is 11.1 Å². The number of hydrogen-bond donors (Lipinski definition) is 0. The Hall–Kier alpha value is 2.42. The third kappa shape index (κ3) is 14.8. The second-order valence-electron chi connectivity index (χ2n) is 12.3. The Labute approximate surface area is 481 Å². The molecular formula is C45H35V2W4Y3-5. The quantitative estimate of drug-likeness (QED) is 0.263. The minimum absolute atomic E-state index is 0. The van der Waals surface area contributed by atoms with Crippen molar-refractivity contribution in [1.29, 1.82) is 0 Å². The Morgan fingerprint density at radius 2 is 1.26 bits per heavy atom. The molecule has 0 saturated carbocycles. The summed E-state index contributed by atoms with van der Waals surface area (Å²) in [6.07, 6.45) is 34.5. The molecule has 54 heavy (non-hydrogen) atoms. The van der Waals surface area contributed by atoms with E-state index in [-0.39, 0.29) is 219 Å². The van der Waals surface area contributed by atoms with Crippen molar-refractivity contribution < 1.29 is 219 Å². The molecule has 5 radical (unpaired) electrons. The van der Waals surface area contributed by atoms with Crippen LogP contribution in [-0.2, 0) is 232 Å². The van der Waals surface area contributed by atoms with Crippen LogP contribution in [0.4, 0.5) is 0 Å². The summed E-state index contributed by atoms with van der Waals surface area (Å²) < 4.78 is 0. The van der Waals surface area contributed by atoms with Crippen LogP contribution in [0.3, 0.4) is 0 Å². The van der Waals surface area contributed by atoms with E-state index in [0.717, 1.165) is 62.5 Å². The second-order valence-corrected chi connectivity index (χ2v) is 12.3. The summed E-state index contributed by atoms with van der Waals surface area (Å²) >= 11 is 0. The van der Waals surface area contributed by atoms with Crippen molar-refractivity contribution in [1.82, 2.24) is 0 Å². The van der Waals surface area contributed by atoms with Crippen molar-refractivity contribution in [3.8, 4) is 0 Å². The van der Waals surface area contributed by atoms with Crippen LogP contribution < -0.4 is 0 Å². The zero-order valence-corrected chi connectivity index (χ0v) is 53.0. The van der Waals surface area contributed by atoms with Gasteiger partial charge in [-0.05, 0) is 24.8 Å². The van der Waals surface area contributed by atoms with Gasteiger partial charge in [-0.1, -0.05) is 72.0 Å². The maximum absolute atomic E-state index is 5.38. The molecule has 0 bridgehead atoms. The van der Waals surface area contributed by atoms with Gasteiger partial charge < -0.3 is 36.5 Å². The standard InChI is InChI=1S/2C12H9.C11H9.C10H8.2V.4W.3Y/c2*1-2-6-11-9(4-1)8-10-5-3-7-12(10)11;1-3-9-6-10-4-8(2)5-11(10)7-9;1-2-8-6-9-4-3-5-10(9)7-8;;;;;;;;;/h1,3-6H,7-8H2;1-2,4-6H,7-8H2;1,3-4H,2,5-6H2;1-4H,5-6H2;;;;;;;;;/q2*-1;-3;-2;;+2;;;;;;;. The van der Waals surface area contributed by atoms with Gasteiger partial charge in [0.05, 0.1) is 0 Å². The normalized spacial score (nSPS) is 16.5. The molecule has 263 valence electrons. The summed E-state index contributed by atoms with van der Waals surface area (Å²) in [7, 11) is 0. The molecule has 0 atom stereocenters. The fraction of sp³-hybridized carbons (Fsp3) is 0.178. The van der Waals surface area contributed by atoms with E-state index in [1.54, 1.807) is 12.2 Å². The number of hydrogen-bond acceptors (Lipinski definition) is 0. The number of allylic oxidation sites excluding steroid dienone is 22. The molecule has 0 nitrogen and oxygen atoms in total. The molecule has 8 aliphatic carbocycles. The van der Waals surface area contributed by atoms with Crippen LogP contribution in [0.15, 0.2) is 141 Å². The van der Waals surface area contributed by atoms with Gasteiger partial charge in [0.15, 0.2) is 0 Å². The van der Waals surface area contributed by atoms with E-state index in [1.165, 1.54) is 72.4 Å². The first-order chi connectivity index (χ1) is 22.1. The molecular weight excluding hydrogens is 1640 g/mol. The molecule has 0 N–H and O–H groups in total. The molecule has 9 heteroatoms. The van der Waals surface area contributed by atoms with Crippen molar-refractivity contribution in [2.45, 2.75) is 51.4 Å². The van der Waals surface area contributed by atoms with Gasteiger partial charge >= 0.3 is 18.6 Å². The van der Waals surface area contributed by atoms with Crippen LogP contribution in [-0.4, -0.2) is 0 Å². The Bertz CT molecular complexity index is 1880. The van der Waals surface area contributed by atoms with Gasteiger partial charge in [-0.25, -0.2) is 24.1 Å². The van der Waals surface area contributed by atoms with E-state index in [0.29, 0.717) is 0 Å². The van der Waals surface area contributed by atoms with Crippen LogP contribution in [0.2, 0.25) is 0 Å². The molecule has 10 rings (SSSR count). The van der Waals surface area contributed by atoms with Crippen LogP contribution in [0.25, 0.3) is 11.1 Å². The van der Waals surface area contributed by atoms with Crippen LogP contribution >= 0.6 is 0 Å². The van der Waals surface area contributed by atoms with Gasteiger partial charge in [0.2, 0.25) is 0 Å². The van der Waals surface area contributed by atoms with Crippen molar-refractivity contribution in [3.63, 3.8) is 0 Å². The monoisotopic (exact) mass is 1680 g/mol. The predicted octanol–water partition coefficient (Wildman–Crippen LogP) is 10.4. The van der Waals surface area contributed by atoms with E-state index in [1.807, 2.05) is 6.07 Å². The molecule has 0 heterocycles. The molecule has 0 aliphatic heterocycles. The second kappa shape index (κ2) is 29.6. The average molecular weight is 1680 g/mol. The van der Waals surface area contributed by atoms with Crippen LogP contribution in [0, 0.1) is 44.4 Å². The first-order valence-electron chi connectivity index (χ1n) is 15.8. The smallest absolute Gasteiger partial charge is 0.361 e. The summed E-state index contributed by atoms with van der Waals surface area (Å²) in [4.78, 5) is 0. The Morgan fingerprint density at radius 3 is 1.94 bits per heavy atom. The van der Waals surface area contributed by atoms with E-state index in [9.17, 15) is 0 Å². The number of fused-ring (bicyclic) bond motifs is 4. The third-order valence-electron chi connectivity index (χ3n) is 9.34. The van der Waals surface area contributed by atoms with Gasteiger partial charge in [0.1, 0.15) is 0 Å². The zero-order valence-electron chi connectivity index (χ0n) is 29.9. The van der Waals surface area contributed by atoms with Crippen LogP contribution in [0.1, 0.15) is 60.8 Å². The average Bonchev–Trinajstić information content (AvgIpc) is 3.88. The molecule has 2 aromatic carbocycles.